The summed E-state index contributed by atoms with van der Waals surface area (Å²) in [5.41, 5.74) is 0. The molecule has 0 bridgehead atoms. The molecule has 1 heterocycles. The van der Waals surface area contributed by atoms with Gasteiger partial charge in [-0.05, 0) is 32.6 Å². The number of rotatable bonds is 5. The van der Waals surface area contributed by atoms with Gasteiger partial charge in [0, 0.05) is 12.6 Å². The van der Waals surface area contributed by atoms with Gasteiger partial charge in [-0.15, -0.1) is 0 Å². The molecule has 0 amide bonds. The quantitative estimate of drug-likeness (QED) is 0.787. The number of nitrogens with zero attached hydrogens (tertiary/aromatic N) is 3. The largest absolute Gasteiger partial charge is 0.308 e. The normalized spacial score (nSPS) is 13.9. The molecule has 17 heavy (non-hydrogen) atoms. The fraction of sp³-hybridized carbons (Fsp3) is 0.556. The summed E-state index contributed by atoms with van der Waals surface area (Å²) in [6.07, 6.45) is 2.36. The molecule has 0 radical (unpaired) electrons. The average molecular weight is 279 g/mol. The number of nitrogens with one attached hydrogen (secondary N) is 1. The number of sulfonamides is 1. The van der Waals surface area contributed by atoms with E-state index in [1.165, 1.54) is 12.4 Å². The lowest BCUT2D eigenvalue weighted by Crippen LogP contribution is -2.39. The SMILES string of the molecule is CC(CN(C)C)NS(=O)(=O)c1cnc(Cl)nc1. The number of aromatic nitrogens is 2. The molecule has 0 aliphatic rings. The number of likely N-dealkylation sites (N-methyl/N-ethyl adjacent to an activating group) is 1. The number of hydrogen-bond acceptors (Lipinski definition) is 5. The third-order valence-electron chi connectivity index (χ3n) is 1.90. The molecule has 1 unspecified atom stereocenters. The van der Waals surface area contributed by atoms with Gasteiger partial charge in [0.2, 0.25) is 15.3 Å². The van der Waals surface area contributed by atoms with E-state index < -0.39 is 10.0 Å². The standard InChI is InChI=1S/C9H15ClN4O2S/c1-7(6-14(2)3)13-17(15,16)8-4-11-9(10)12-5-8/h4-5,7,13H,6H2,1-3H3. The third kappa shape index (κ3) is 4.55. The average Bonchev–Trinajstić information content (AvgIpc) is 2.15. The smallest absolute Gasteiger partial charge is 0.243 e. The van der Waals surface area contributed by atoms with Crippen LogP contribution in [0.15, 0.2) is 17.3 Å². The highest BCUT2D eigenvalue weighted by Gasteiger charge is 2.18. The van der Waals surface area contributed by atoms with E-state index in [0.29, 0.717) is 6.54 Å². The van der Waals surface area contributed by atoms with Crippen molar-refractivity contribution in [1.29, 1.82) is 0 Å². The second-order valence-electron chi connectivity index (χ2n) is 3.97. The molecular formula is C9H15ClN4O2S. The zero-order valence-electron chi connectivity index (χ0n) is 9.88. The minimum Gasteiger partial charge on any atom is -0.308 e. The molecule has 96 valence electrons. The molecule has 0 aromatic carbocycles. The lowest BCUT2D eigenvalue weighted by Gasteiger charge is -2.18. The Labute approximate surface area is 106 Å². The first-order valence-electron chi connectivity index (χ1n) is 4.96. The summed E-state index contributed by atoms with van der Waals surface area (Å²) in [7, 11) is 0.160. The van der Waals surface area contributed by atoms with Crippen LogP contribution in [0.25, 0.3) is 0 Å². The van der Waals surface area contributed by atoms with Crippen molar-refractivity contribution < 1.29 is 8.42 Å². The molecule has 0 saturated heterocycles. The van der Waals surface area contributed by atoms with Crippen LogP contribution in [0, 0.1) is 0 Å². The second-order valence-corrected chi connectivity index (χ2v) is 6.02. The molecule has 1 rings (SSSR count). The van der Waals surface area contributed by atoms with Gasteiger partial charge in [0.05, 0.1) is 12.4 Å². The van der Waals surface area contributed by atoms with Gasteiger partial charge in [-0.1, -0.05) is 0 Å². The maximum atomic E-state index is 11.9. The van der Waals surface area contributed by atoms with Gasteiger partial charge in [-0.3, -0.25) is 0 Å². The molecule has 0 fully saturated rings. The summed E-state index contributed by atoms with van der Waals surface area (Å²) in [6.45, 7) is 2.39. The Balaban J connectivity index is 2.78. The molecule has 1 aromatic heterocycles. The van der Waals surface area contributed by atoms with Crippen LogP contribution in [-0.4, -0.2) is 50.0 Å². The molecule has 0 aliphatic carbocycles. The van der Waals surface area contributed by atoms with Crippen molar-refractivity contribution in [3.63, 3.8) is 0 Å². The number of halogens is 1. The Morgan fingerprint density at radius 3 is 2.41 bits per heavy atom. The summed E-state index contributed by atoms with van der Waals surface area (Å²) < 4.78 is 26.3. The van der Waals surface area contributed by atoms with Crippen LogP contribution in [0.1, 0.15) is 6.92 Å². The van der Waals surface area contributed by atoms with Crippen LogP contribution in [0.4, 0.5) is 0 Å². The first-order valence-corrected chi connectivity index (χ1v) is 6.82. The van der Waals surface area contributed by atoms with Crippen LogP contribution in [0.2, 0.25) is 5.28 Å². The van der Waals surface area contributed by atoms with Gasteiger partial charge >= 0.3 is 0 Å². The lowest BCUT2D eigenvalue weighted by atomic mass is 10.3. The summed E-state index contributed by atoms with van der Waals surface area (Å²) >= 11 is 5.49. The van der Waals surface area contributed by atoms with Crippen molar-refractivity contribution in [3.8, 4) is 0 Å². The predicted octanol–water partition coefficient (Wildman–Crippen LogP) is 0.358. The van der Waals surface area contributed by atoms with E-state index >= 15 is 0 Å². The molecule has 8 heteroatoms. The van der Waals surface area contributed by atoms with Gasteiger partial charge in [0.15, 0.2) is 0 Å². The maximum absolute atomic E-state index is 11.9. The van der Waals surface area contributed by atoms with Crippen LogP contribution in [-0.2, 0) is 10.0 Å². The van der Waals surface area contributed by atoms with E-state index in [-0.39, 0.29) is 16.2 Å². The Hall–Kier alpha value is -0.760. The molecule has 0 saturated carbocycles. The van der Waals surface area contributed by atoms with E-state index in [1.54, 1.807) is 6.92 Å². The summed E-state index contributed by atoms with van der Waals surface area (Å²) in [5.74, 6) is 0. The maximum Gasteiger partial charge on any atom is 0.243 e. The molecule has 1 aromatic rings. The van der Waals surface area contributed by atoms with Crippen molar-refractivity contribution in [2.24, 2.45) is 0 Å². The van der Waals surface area contributed by atoms with Crippen LogP contribution in [0.5, 0.6) is 0 Å². The van der Waals surface area contributed by atoms with E-state index in [1.807, 2.05) is 19.0 Å². The summed E-state index contributed by atoms with van der Waals surface area (Å²) in [5, 5.41) is 0.0188. The second kappa shape index (κ2) is 5.72. The highest BCUT2D eigenvalue weighted by atomic mass is 35.5. The molecule has 6 nitrogen and oxygen atoms in total. The van der Waals surface area contributed by atoms with Crippen molar-refractivity contribution in [3.05, 3.63) is 17.7 Å². The molecule has 1 N–H and O–H groups in total. The Morgan fingerprint density at radius 1 is 1.41 bits per heavy atom. The van der Waals surface area contributed by atoms with Crippen molar-refractivity contribution in [1.82, 2.24) is 19.6 Å². The fourth-order valence-corrected chi connectivity index (χ4v) is 2.58. The van der Waals surface area contributed by atoms with E-state index in [9.17, 15) is 8.42 Å². The zero-order valence-corrected chi connectivity index (χ0v) is 11.5. The molecule has 0 aliphatic heterocycles. The van der Waals surface area contributed by atoms with Crippen LogP contribution < -0.4 is 4.72 Å². The first-order chi connectivity index (χ1) is 7.81. The van der Waals surface area contributed by atoms with Crippen molar-refractivity contribution in [2.75, 3.05) is 20.6 Å². The van der Waals surface area contributed by atoms with Gasteiger partial charge in [0.25, 0.3) is 0 Å². The minimum atomic E-state index is -3.58. The van der Waals surface area contributed by atoms with Crippen molar-refractivity contribution in [2.45, 2.75) is 17.9 Å². The summed E-state index contributed by atoms with van der Waals surface area (Å²) in [4.78, 5) is 9.18. The summed E-state index contributed by atoms with van der Waals surface area (Å²) in [6, 6.07) is -0.203. The highest BCUT2D eigenvalue weighted by Crippen LogP contribution is 2.08. The third-order valence-corrected chi connectivity index (χ3v) is 3.64. The molecule has 1 atom stereocenters. The molecular weight excluding hydrogens is 264 g/mol. The Bertz CT molecular complexity index is 460. The zero-order chi connectivity index (χ0) is 13.1. The monoisotopic (exact) mass is 278 g/mol. The predicted molar refractivity (Wildman–Crippen MR) is 65.4 cm³/mol. The van der Waals surface area contributed by atoms with Gasteiger partial charge in [-0.25, -0.2) is 23.1 Å². The number of hydrogen-bond donors (Lipinski definition) is 1. The van der Waals surface area contributed by atoms with Crippen LogP contribution in [0.3, 0.4) is 0 Å². The Kier molecular flexibility index (Phi) is 4.81. The van der Waals surface area contributed by atoms with E-state index in [2.05, 4.69) is 14.7 Å². The van der Waals surface area contributed by atoms with Crippen LogP contribution >= 0.6 is 11.6 Å². The molecule has 0 spiro atoms. The van der Waals surface area contributed by atoms with Gasteiger partial charge in [0.1, 0.15) is 4.90 Å². The Morgan fingerprint density at radius 2 is 1.94 bits per heavy atom. The minimum absolute atomic E-state index is 0.00695. The van der Waals surface area contributed by atoms with E-state index in [0.717, 1.165) is 0 Å². The fourth-order valence-electron chi connectivity index (χ4n) is 1.36. The van der Waals surface area contributed by atoms with Crippen molar-refractivity contribution >= 4 is 21.6 Å². The topological polar surface area (TPSA) is 75.2 Å². The van der Waals surface area contributed by atoms with Gasteiger partial charge < -0.3 is 4.90 Å². The lowest BCUT2D eigenvalue weighted by molar-refractivity contribution is 0.370. The highest BCUT2D eigenvalue weighted by molar-refractivity contribution is 7.89. The van der Waals surface area contributed by atoms with E-state index in [4.69, 9.17) is 11.6 Å². The van der Waals surface area contributed by atoms with Gasteiger partial charge in [-0.2, -0.15) is 0 Å². The first kappa shape index (κ1) is 14.3.